The molecule has 1 heterocycles. The Morgan fingerprint density at radius 1 is 0.909 bits per heavy atom. The lowest BCUT2D eigenvalue weighted by atomic mass is 9.41. The zero-order valence-electron chi connectivity index (χ0n) is 22.4. The molecule has 0 amide bonds. The highest BCUT2D eigenvalue weighted by molar-refractivity contribution is 5.31. The number of hydrogen-bond donors (Lipinski definition) is 2. The Bertz CT molecular complexity index is 829. The molecule has 11 unspecified atom stereocenters. The molecule has 33 heavy (non-hydrogen) atoms. The van der Waals surface area contributed by atoms with Crippen molar-refractivity contribution in [1.29, 1.82) is 0 Å². The minimum absolute atomic E-state index is 0.0694. The zero-order valence-corrected chi connectivity index (χ0v) is 22.4. The molecular formula is C30H50O3. The van der Waals surface area contributed by atoms with Crippen molar-refractivity contribution in [2.45, 2.75) is 137 Å². The van der Waals surface area contributed by atoms with Gasteiger partial charge in [-0.2, -0.15) is 0 Å². The van der Waals surface area contributed by atoms with E-state index in [1.165, 1.54) is 44.9 Å². The lowest BCUT2D eigenvalue weighted by molar-refractivity contribution is -0.168. The van der Waals surface area contributed by atoms with Gasteiger partial charge >= 0.3 is 0 Å². The first-order chi connectivity index (χ1) is 15.2. The quantitative estimate of drug-likeness (QED) is 0.507. The van der Waals surface area contributed by atoms with E-state index in [1.807, 2.05) is 13.8 Å². The number of ether oxygens (including phenoxy) is 1. The molecule has 0 bridgehead atoms. The van der Waals surface area contributed by atoms with Gasteiger partial charge in [0, 0.05) is 6.42 Å². The number of fused-ring (bicyclic) bond motifs is 4. The minimum atomic E-state index is -0.655. The van der Waals surface area contributed by atoms with Gasteiger partial charge in [-0.3, -0.25) is 0 Å². The van der Waals surface area contributed by atoms with Crippen molar-refractivity contribution in [2.75, 3.05) is 0 Å². The molecule has 0 radical (unpaired) electrons. The first kappa shape index (κ1) is 23.3. The summed E-state index contributed by atoms with van der Waals surface area (Å²) in [5, 5.41) is 21.4. The van der Waals surface area contributed by atoms with E-state index in [1.54, 1.807) is 0 Å². The van der Waals surface area contributed by atoms with Gasteiger partial charge in [-0.05, 0) is 122 Å². The van der Waals surface area contributed by atoms with Crippen LogP contribution in [0.4, 0.5) is 0 Å². The summed E-state index contributed by atoms with van der Waals surface area (Å²) >= 11 is 0. The predicted octanol–water partition coefficient (Wildman–Crippen LogP) is 6.35. The molecule has 6 rings (SSSR count). The first-order valence-corrected chi connectivity index (χ1v) is 14.3. The maximum atomic E-state index is 10.9. The van der Waals surface area contributed by atoms with Crippen LogP contribution in [0.2, 0.25) is 0 Å². The van der Waals surface area contributed by atoms with Crippen molar-refractivity contribution in [2.24, 2.45) is 50.7 Å². The van der Waals surface area contributed by atoms with Crippen molar-refractivity contribution in [3.8, 4) is 0 Å². The van der Waals surface area contributed by atoms with Crippen LogP contribution in [-0.4, -0.2) is 34.1 Å². The summed E-state index contributed by atoms with van der Waals surface area (Å²) in [5.74, 6) is 2.85. The van der Waals surface area contributed by atoms with E-state index in [-0.39, 0.29) is 17.6 Å². The van der Waals surface area contributed by atoms with Gasteiger partial charge in [-0.25, -0.2) is 0 Å². The van der Waals surface area contributed by atoms with Crippen LogP contribution in [-0.2, 0) is 4.74 Å². The van der Waals surface area contributed by atoms with Crippen LogP contribution in [0, 0.1) is 50.7 Å². The predicted molar refractivity (Wildman–Crippen MR) is 132 cm³/mol. The van der Waals surface area contributed by atoms with Gasteiger partial charge in [0.1, 0.15) is 0 Å². The third-order valence-corrected chi connectivity index (χ3v) is 13.5. The van der Waals surface area contributed by atoms with Crippen molar-refractivity contribution in [1.82, 2.24) is 0 Å². The highest BCUT2D eigenvalue weighted by Crippen LogP contribution is 2.89. The Labute approximate surface area is 202 Å². The van der Waals surface area contributed by atoms with E-state index in [9.17, 15) is 10.2 Å². The van der Waals surface area contributed by atoms with Crippen molar-refractivity contribution in [3.05, 3.63) is 0 Å². The highest BCUT2D eigenvalue weighted by atomic mass is 16.5. The first-order valence-electron chi connectivity index (χ1n) is 14.3. The van der Waals surface area contributed by atoms with Gasteiger partial charge in [-0.1, -0.05) is 34.6 Å². The fourth-order valence-corrected chi connectivity index (χ4v) is 12.1. The largest absolute Gasteiger partial charge is 0.393 e. The van der Waals surface area contributed by atoms with E-state index in [4.69, 9.17) is 4.74 Å². The normalized spacial score (nSPS) is 59.0. The lowest BCUT2D eigenvalue weighted by Crippen LogP contribution is -2.57. The van der Waals surface area contributed by atoms with Crippen LogP contribution >= 0.6 is 0 Å². The lowest BCUT2D eigenvalue weighted by Gasteiger charge is -2.63. The van der Waals surface area contributed by atoms with Gasteiger partial charge in [-0.15, -0.1) is 0 Å². The molecule has 1 aliphatic heterocycles. The summed E-state index contributed by atoms with van der Waals surface area (Å²) in [6.45, 7) is 16.4. The molecule has 0 aromatic rings. The summed E-state index contributed by atoms with van der Waals surface area (Å²) in [6, 6.07) is 0. The van der Waals surface area contributed by atoms with Gasteiger partial charge in [0.05, 0.1) is 23.9 Å². The van der Waals surface area contributed by atoms with Gasteiger partial charge in [0.15, 0.2) is 0 Å². The van der Waals surface area contributed by atoms with E-state index < -0.39 is 5.60 Å². The van der Waals surface area contributed by atoms with Crippen LogP contribution in [0.1, 0.15) is 113 Å². The minimum Gasteiger partial charge on any atom is -0.393 e. The Hall–Kier alpha value is -0.120. The summed E-state index contributed by atoms with van der Waals surface area (Å²) < 4.78 is 6.86. The Morgan fingerprint density at radius 2 is 1.58 bits per heavy atom. The van der Waals surface area contributed by atoms with Crippen molar-refractivity contribution < 1.29 is 14.9 Å². The molecule has 3 nitrogen and oxygen atoms in total. The molecule has 0 aromatic carbocycles. The summed E-state index contributed by atoms with van der Waals surface area (Å²) in [6.07, 6.45) is 12.7. The summed E-state index contributed by atoms with van der Waals surface area (Å²) in [4.78, 5) is 0. The SMILES string of the molecule is CC1CC(CC(C)(C)O)OC2CC3(C)C4CCC5C(C)(C)C(O)CCC56CC46CCC3(C)C12. The highest BCUT2D eigenvalue weighted by Gasteiger charge is 2.83. The smallest absolute Gasteiger partial charge is 0.0620 e. The standard InChI is InChI=1S/C30H50O3/c1-18-14-19(15-25(2,3)32)33-20-16-28(7)22-9-8-21-26(4,5)23(31)10-11-29(21)17-30(22,29)13-12-27(28,6)24(18)20/h18-24,31-32H,8-17H2,1-7H3. The molecule has 1 saturated heterocycles. The monoisotopic (exact) mass is 458 g/mol. The van der Waals surface area contributed by atoms with Crippen molar-refractivity contribution in [3.63, 3.8) is 0 Å². The molecule has 188 valence electrons. The Balaban J connectivity index is 1.32. The maximum absolute atomic E-state index is 10.9. The molecule has 2 N–H and O–H groups in total. The van der Waals surface area contributed by atoms with E-state index in [0.717, 1.165) is 25.2 Å². The number of aliphatic hydroxyl groups excluding tert-OH is 1. The van der Waals surface area contributed by atoms with E-state index in [0.29, 0.717) is 45.5 Å². The Morgan fingerprint density at radius 3 is 2.27 bits per heavy atom. The molecule has 2 spiro atoms. The molecule has 3 heteroatoms. The molecule has 6 fully saturated rings. The second-order valence-corrected chi connectivity index (χ2v) is 15.6. The maximum Gasteiger partial charge on any atom is 0.0620 e. The molecule has 5 aliphatic carbocycles. The van der Waals surface area contributed by atoms with Crippen LogP contribution in [0.3, 0.4) is 0 Å². The summed E-state index contributed by atoms with van der Waals surface area (Å²) in [7, 11) is 0. The van der Waals surface area contributed by atoms with Crippen molar-refractivity contribution >= 4 is 0 Å². The molecule has 0 aromatic heterocycles. The molecule has 11 atom stereocenters. The topological polar surface area (TPSA) is 49.7 Å². The number of aliphatic hydroxyl groups is 2. The molecule has 5 saturated carbocycles. The van der Waals surface area contributed by atoms with Gasteiger partial charge in [0.25, 0.3) is 0 Å². The fraction of sp³-hybridized carbons (Fsp3) is 1.00. The Kier molecular flexibility index (Phi) is 4.66. The van der Waals surface area contributed by atoms with E-state index in [2.05, 4.69) is 34.6 Å². The third kappa shape index (κ3) is 2.74. The van der Waals surface area contributed by atoms with Crippen LogP contribution in [0.25, 0.3) is 0 Å². The van der Waals surface area contributed by atoms with Crippen LogP contribution in [0.5, 0.6) is 0 Å². The second-order valence-electron chi connectivity index (χ2n) is 15.6. The summed E-state index contributed by atoms with van der Waals surface area (Å²) in [5.41, 5.74) is 1.18. The van der Waals surface area contributed by atoms with E-state index >= 15 is 0 Å². The molecular weight excluding hydrogens is 408 g/mol. The average Bonchev–Trinajstić information content (AvgIpc) is 3.28. The second kappa shape index (κ2) is 6.60. The van der Waals surface area contributed by atoms with Crippen LogP contribution in [0.15, 0.2) is 0 Å². The zero-order chi connectivity index (χ0) is 23.8. The van der Waals surface area contributed by atoms with Gasteiger partial charge in [0.2, 0.25) is 0 Å². The van der Waals surface area contributed by atoms with Gasteiger partial charge < -0.3 is 14.9 Å². The number of hydrogen-bond acceptors (Lipinski definition) is 3. The number of rotatable bonds is 2. The molecule has 6 aliphatic rings. The third-order valence-electron chi connectivity index (χ3n) is 13.5. The fourth-order valence-electron chi connectivity index (χ4n) is 12.1. The van der Waals surface area contributed by atoms with Crippen LogP contribution < -0.4 is 0 Å². The average molecular weight is 459 g/mol.